The molecule has 3 aromatic heterocycles. The van der Waals surface area contributed by atoms with E-state index in [-0.39, 0.29) is 42.3 Å². The largest absolute Gasteiger partial charge is 0.382 e. The Morgan fingerprint density at radius 1 is 0.926 bits per heavy atom. The van der Waals surface area contributed by atoms with Crippen LogP contribution in [0.3, 0.4) is 0 Å². The lowest BCUT2D eigenvalue weighted by atomic mass is 9.81. The molecule has 2 saturated carbocycles. The molecule has 1 unspecified atom stereocenters. The third-order valence-electron chi connectivity index (χ3n) is 11.2. The molecular formula is C39H42F2N10O3. The van der Waals surface area contributed by atoms with Crippen molar-refractivity contribution in [3.05, 3.63) is 71.7 Å². The van der Waals surface area contributed by atoms with Gasteiger partial charge < -0.3 is 15.5 Å². The van der Waals surface area contributed by atoms with E-state index in [0.717, 1.165) is 24.1 Å². The van der Waals surface area contributed by atoms with Gasteiger partial charge in [-0.2, -0.15) is 15.0 Å². The van der Waals surface area contributed by atoms with Crippen LogP contribution in [-0.2, 0) is 9.59 Å². The molecule has 4 aromatic rings. The van der Waals surface area contributed by atoms with Crippen molar-refractivity contribution in [3.63, 3.8) is 0 Å². The molecule has 4 fully saturated rings. The molecule has 15 heteroatoms. The summed E-state index contributed by atoms with van der Waals surface area (Å²) in [5.74, 6) is -4.25. The first kappa shape index (κ1) is 35.5. The van der Waals surface area contributed by atoms with Crippen LogP contribution in [0.2, 0.25) is 0 Å². The van der Waals surface area contributed by atoms with Gasteiger partial charge in [-0.15, -0.1) is 0 Å². The van der Waals surface area contributed by atoms with E-state index in [1.807, 2.05) is 29.2 Å². The van der Waals surface area contributed by atoms with E-state index < -0.39 is 11.8 Å². The molecule has 280 valence electrons. The predicted octanol–water partition coefficient (Wildman–Crippen LogP) is 4.53. The molecule has 5 heterocycles. The normalized spacial score (nSPS) is 22.5. The summed E-state index contributed by atoms with van der Waals surface area (Å²) in [6.45, 7) is 2.01. The number of nitrogens with one attached hydrogen (secondary N) is 3. The zero-order valence-corrected chi connectivity index (χ0v) is 29.8. The summed E-state index contributed by atoms with van der Waals surface area (Å²) in [4.78, 5) is 50.2. The van der Waals surface area contributed by atoms with Crippen molar-refractivity contribution in [2.75, 3.05) is 42.9 Å². The second kappa shape index (κ2) is 14.7. The Hall–Kier alpha value is -5.49. The van der Waals surface area contributed by atoms with Crippen LogP contribution in [0.15, 0.2) is 55.0 Å². The third-order valence-corrected chi connectivity index (χ3v) is 11.2. The van der Waals surface area contributed by atoms with Gasteiger partial charge >= 0.3 is 0 Å². The fraction of sp³-hybridized carbons (Fsp3) is 0.462. The summed E-state index contributed by atoms with van der Waals surface area (Å²) in [7, 11) is 0. The van der Waals surface area contributed by atoms with Gasteiger partial charge in [0.05, 0.1) is 35.5 Å². The number of pyridine rings is 2. The van der Waals surface area contributed by atoms with E-state index in [9.17, 15) is 19.6 Å². The van der Waals surface area contributed by atoms with Crippen LogP contribution in [0.1, 0.15) is 78.8 Å². The van der Waals surface area contributed by atoms with Crippen molar-refractivity contribution in [2.24, 2.45) is 5.92 Å². The topological polar surface area (TPSA) is 161 Å². The molecule has 4 aliphatic rings. The fourth-order valence-electron chi connectivity index (χ4n) is 7.90. The van der Waals surface area contributed by atoms with Crippen molar-refractivity contribution < 1.29 is 23.2 Å². The average Bonchev–Trinajstić information content (AvgIpc) is 3.90. The highest BCUT2D eigenvalue weighted by molar-refractivity contribution is 6.01. The van der Waals surface area contributed by atoms with E-state index in [4.69, 9.17) is 0 Å². The molecule has 8 rings (SSSR count). The van der Waals surface area contributed by atoms with Gasteiger partial charge in [-0.25, -0.2) is 18.7 Å². The highest BCUT2D eigenvalue weighted by Crippen LogP contribution is 2.38. The summed E-state index contributed by atoms with van der Waals surface area (Å²) in [6.07, 6.45) is 9.04. The number of fused-ring (bicyclic) bond motifs is 1. The van der Waals surface area contributed by atoms with E-state index in [1.165, 1.54) is 12.4 Å². The first-order valence-electron chi connectivity index (χ1n) is 18.7. The van der Waals surface area contributed by atoms with Gasteiger partial charge in [0, 0.05) is 80.1 Å². The van der Waals surface area contributed by atoms with Gasteiger partial charge in [0.1, 0.15) is 6.07 Å². The Labute approximate surface area is 311 Å². The molecule has 3 N–H and O–H groups in total. The minimum atomic E-state index is -2.84. The molecule has 1 atom stereocenters. The Kier molecular flexibility index (Phi) is 9.70. The number of piperazine rings is 1. The van der Waals surface area contributed by atoms with E-state index >= 15 is 8.78 Å². The SMILES string of the molecule is N#Cc1cnc2c(cnn2-c2cc(NC3CC3)c(C(=O)NC3CCC(C(F)(F)CN4CCN(c5ccc(C6CCC(=O)NC6=O)cc5)CC4)CC3)cn2)c1. The van der Waals surface area contributed by atoms with Crippen LogP contribution in [0.5, 0.6) is 0 Å². The summed E-state index contributed by atoms with van der Waals surface area (Å²) in [5.41, 5.74) is 3.84. The van der Waals surface area contributed by atoms with Gasteiger partial charge in [0.15, 0.2) is 11.5 Å². The van der Waals surface area contributed by atoms with Crippen LogP contribution in [0.25, 0.3) is 16.9 Å². The van der Waals surface area contributed by atoms with Crippen LogP contribution in [0, 0.1) is 17.2 Å². The second-order valence-corrected chi connectivity index (χ2v) is 15.0. The Balaban J connectivity index is 0.831. The highest BCUT2D eigenvalue weighted by Gasteiger charge is 2.43. The van der Waals surface area contributed by atoms with Crippen LogP contribution in [-0.4, -0.2) is 93.1 Å². The number of rotatable bonds is 10. The van der Waals surface area contributed by atoms with E-state index in [2.05, 4.69) is 42.0 Å². The monoisotopic (exact) mass is 736 g/mol. The maximum Gasteiger partial charge on any atom is 0.263 e. The van der Waals surface area contributed by atoms with Crippen LogP contribution >= 0.6 is 0 Å². The lowest BCUT2D eigenvalue weighted by Crippen LogP contribution is -2.52. The number of alkyl halides is 2. The molecular weight excluding hydrogens is 694 g/mol. The number of aromatic nitrogens is 4. The van der Waals surface area contributed by atoms with Gasteiger partial charge in [-0.05, 0) is 68.7 Å². The number of hydrogen-bond acceptors (Lipinski definition) is 10. The molecule has 2 saturated heterocycles. The molecule has 0 radical (unpaired) electrons. The zero-order valence-electron chi connectivity index (χ0n) is 29.8. The number of halogens is 2. The Morgan fingerprint density at radius 3 is 2.37 bits per heavy atom. The Morgan fingerprint density at radius 2 is 1.67 bits per heavy atom. The number of carbonyl (C=O) groups excluding carboxylic acids is 3. The molecule has 54 heavy (non-hydrogen) atoms. The summed E-state index contributed by atoms with van der Waals surface area (Å²) >= 11 is 0. The number of hydrogen-bond donors (Lipinski definition) is 3. The van der Waals surface area contributed by atoms with Crippen molar-refractivity contribution in [1.29, 1.82) is 5.26 Å². The Bertz CT molecular complexity index is 2100. The smallest absolute Gasteiger partial charge is 0.263 e. The number of anilines is 2. The van der Waals surface area contributed by atoms with E-state index in [0.29, 0.717) is 98.4 Å². The first-order valence-corrected chi connectivity index (χ1v) is 18.7. The minimum Gasteiger partial charge on any atom is -0.382 e. The number of nitrogens with zero attached hydrogens (tertiary/aromatic N) is 7. The van der Waals surface area contributed by atoms with Crippen molar-refractivity contribution >= 4 is 40.1 Å². The van der Waals surface area contributed by atoms with Crippen LogP contribution < -0.4 is 20.9 Å². The molecule has 13 nitrogen and oxygen atoms in total. The van der Waals surface area contributed by atoms with Gasteiger partial charge in [0.2, 0.25) is 11.8 Å². The molecule has 2 aliphatic heterocycles. The van der Waals surface area contributed by atoms with Crippen LogP contribution in [0.4, 0.5) is 20.2 Å². The second-order valence-electron chi connectivity index (χ2n) is 15.0. The number of benzene rings is 1. The maximum atomic E-state index is 15.7. The van der Waals surface area contributed by atoms with Crippen molar-refractivity contribution in [1.82, 2.24) is 35.3 Å². The maximum absolute atomic E-state index is 15.7. The van der Waals surface area contributed by atoms with Gasteiger partial charge in [-0.1, -0.05) is 12.1 Å². The minimum absolute atomic E-state index is 0.212. The summed E-state index contributed by atoms with van der Waals surface area (Å²) < 4.78 is 32.9. The molecule has 3 amide bonds. The van der Waals surface area contributed by atoms with Gasteiger partial charge in [-0.3, -0.25) is 24.6 Å². The number of carbonyl (C=O) groups is 3. The standard InChI is InChI=1S/C39H42F2N10O3/c40-39(41,23-49-13-15-50(16-14-49)30-9-1-25(2-10-30)31-11-12-35(52)48-37(31)53)27-3-5-29(6-4-27)47-38(54)32-22-43-34(18-33(32)46-28-7-8-28)51-36-26(21-45-51)17-24(19-42)20-44-36/h1-2,9-10,17-18,20-22,27-29,31H,3-8,11-16,23H2,(H,43,46)(H,47,54)(H,48,52,53). The zero-order chi connectivity index (χ0) is 37.4. The lowest BCUT2D eigenvalue weighted by Gasteiger charge is -2.40. The van der Waals surface area contributed by atoms with Gasteiger partial charge in [0.25, 0.3) is 11.8 Å². The summed E-state index contributed by atoms with van der Waals surface area (Å²) in [6, 6.07) is 13.4. The van der Waals surface area contributed by atoms with Crippen molar-refractivity contribution in [3.8, 4) is 11.9 Å². The molecule has 1 aromatic carbocycles. The third kappa shape index (κ3) is 7.61. The van der Waals surface area contributed by atoms with Crippen molar-refractivity contribution in [2.45, 2.75) is 75.3 Å². The quantitative estimate of drug-likeness (QED) is 0.198. The average molecular weight is 737 g/mol. The predicted molar refractivity (Wildman–Crippen MR) is 196 cm³/mol. The van der Waals surface area contributed by atoms with E-state index in [1.54, 1.807) is 23.0 Å². The number of nitriles is 1. The highest BCUT2D eigenvalue weighted by atomic mass is 19.3. The number of piperidine rings is 1. The molecule has 0 bridgehead atoms. The number of imide groups is 1. The molecule has 0 spiro atoms. The number of amides is 3. The lowest BCUT2D eigenvalue weighted by molar-refractivity contribution is -0.134. The summed E-state index contributed by atoms with van der Waals surface area (Å²) in [5, 5.41) is 23.2. The first-order chi connectivity index (χ1) is 26.1. The molecule has 2 aliphatic carbocycles. The fourth-order valence-corrected chi connectivity index (χ4v) is 7.90.